The minimum absolute atomic E-state index is 0.169. The summed E-state index contributed by atoms with van der Waals surface area (Å²) in [5.74, 6) is 0. The van der Waals surface area contributed by atoms with Gasteiger partial charge < -0.3 is 9.51 Å². The molecule has 1 aromatic carbocycles. The third-order valence-electron chi connectivity index (χ3n) is 4.33. The fourth-order valence-electron chi connectivity index (χ4n) is 3.02. The van der Waals surface area contributed by atoms with E-state index in [2.05, 4.69) is 9.97 Å². The lowest BCUT2D eigenvalue weighted by Crippen LogP contribution is -2.04. The van der Waals surface area contributed by atoms with Gasteiger partial charge in [-0.05, 0) is 30.3 Å². The number of fused-ring (bicyclic) bond motifs is 1. The van der Waals surface area contributed by atoms with E-state index < -0.39 is 11.7 Å². The molecule has 4 aromatic rings. The third-order valence-corrected chi connectivity index (χ3v) is 4.33. The molecular weight excluding hydrogens is 355 g/mol. The van der Waals surface area contributed by atoms with Gasteiger partial charge in [-0.2, -0.15) is 13.2 Å². The summed E-state index contributed by atoms with van der Waals surface area (Å²) in [5.41, 5.74) is 2.86. The molecule has 0 unspecified atom stereocenters. The molecule has 0 amide bonds. The van der Waals surface area contributed by atoms with Gasteiger partial charge in [0.15, 0.2) is 0 Å². The largest absolute Gasteiger partial charge is 0.416 e. The molecule has 0 saturated heterocycles. The van der Waals surface area contributed by atoms with Crippen molar-refractivity contribution in [3.8, 4) is 22.4 Å². The summed E-state index contributed by atoms with van der Waals surface area (Å²) in [6.07, 6.45) is 0.503. The fourth-order valence-corrected chi connectivity index (χ4v) is 3.02. The molecule has 27 heavy (non-hydrogen) atoms. The lowest BCUT2D eigenvalue weighted by molar-refractivity contribution is -0.137. The molecule has 7 heteroatoms. The quantitative estimate of drug-likeness (QED) is 0.575. The molecule has 4 nitrogen and oxygen atoms in total. The van der Waals surface area contributed by atoms with Crippen molar-refractivity contribution in [2.75, 3.05) is 0 Å². The second-order valence-electron chi connectivity index (χ2n) is 6.03. The molecule has 4 rings (SSSR count). The van der Waals surface area contributed by atoms with Crippen molar-refractivity contribution >= 4 is 5.65 Å². The van der Waals surface area contributed by atoms with E-state index in [1.807, 2.05) is 6.07 Å². The molecule has 0 fully saturated rings. The summed E-state index contributed by atoms with van der Waals surface area (Å²) in [7, 11) is 0. The van der Waals surface area contributed by atoms with Crippen LogP contribution in [0.25, 0.3) is 28.0 Å². The number of aromatic nitrogens is 3. The van der Waals surface area contributed by atoms with Crippen LogP contribution in [-0.2, 0) is 12.8 Å². The van der Waals surface area contributed by atoms with Crippen LogP contribution in [0.1, 0.15) is 11.3 Å². The molecular formula is C20H14F3N3O. The number of halogens is 3. The number of rotatable bonds is 3. The van der Waals surface area contributed by atoms with E-state index >= 15 is 0 Å². The van der Waals surface area contributed by atoms with Crippen molar-refractivity contribution in [3.05, 3.63) is 78.4 Å². The molecule has 136 valence electrons. The average Bonchev–Trinajstić information content (AvgIpc) is 3.10. The maximum Gasteiger partial charge on any atom is 0.416 e. The molecule has 3 aromatic heterocycles. The Morgan fingerprint density at radius 1 is 0.963 bits per heavy atom. The zero-order valence-corrected chi connectivity index (χ0v) is 14.0. The van der Waals surface area contributed by atoms with Gasteiger partial charge in [0, 0.05) is 29.1 Å². The van der Waals surface area contributed by atoms with Gasteiger partial charge in [0.2, 0.25) is 0 Å². The van der Waals surface area contributed by atoms with Gasteiger partial charge in [0.1, 0.15) is 5.65 Å². The molecule has 0 atom stereocenters. The van der Waals surface area contributed by atoms with Crippen LogP contribution in [0.3, 0.4) is 0 Å². The van der Waals surface area contributed by atoms with Gasteiger partial charge in [0.05, 0.1) is 29.8 Å². The second kappa shape index (κ2) is 6.51. The van der Waals surface area contributed by atoms with Crippen LogP contribution < -0.4 is 0 Å². The van der Waals surface area contributed by atoms with Crippen molar-refractivity contribution in [1.29, 1.82) is 0 Å². The Bertz CT molecular complexity index is 1120. The lowest BCUT2D eigenvalue weighted by atomic mass is 9.99. The first-order chi connectivity index (χ1) is 13.0. The van der Waals surface area contributed by atoms with Crippen molar-refractivity contribution in [3.63, 3.8) is 0 Å². The van der Waals surface area contributed by atoms with Crippen molar-refractivity contribution in [2.24, 2.45) is 0 Å². The van der Waals surface area contributed by atoms with Crippen LogP contribution in [0.4, 0.5) is 13.2 Å². The molecule has 0 aliphatic carbocycles. The third kappa shape index (κ3) is 3.17. The van der Waals surface area contributed by atoms with Gasteiger partial charge in [-0.1, -0.05) is 18.2 Å². The Labute approximate surface area is 152 Å². The van der Waals surface area contributed by atoms with Crippen LogP contribution in [0.2, 0.25) is 0 Å². The topological polar surface area (TPSA) is 50.4 Å². The first-order valence-electron chi connectivity index (χ1n) is 8.17. The Kier molecular flexibility index (Phi) is 4.16. The van der Waals surface area contributed by atoms with E-state index in [-0.39, 0.29) is 6.61 Å². The maximum atomic E-state index is 13.1. The molecule has 0 bridgehead atoms. The number of hydrogen-bond donors (Lipinski definition) is 1. The SMILES string of the molecule is OCc1cnc2ccc(-c3cccnc3-c3cccc(C(F)(F)F)c3)cn12. The zero-order chi connectivity index (χ0) is 19.0. The predicted octanol–water partition coefficient (Wildman–Crippen LogP) is 4.57. The average molecular weight is 369 g/mol. The van der Waals surface area contributed by atoms with E-state index in [1.165, 1.54) is 6.07 Å². The normalized spacial score (nSPS) is 11.9. The number of aliphatic hydroxyl groups excluding tert-OH is 1. The highest BCUT2D eigenvalue weighted by molar-refractivity contribution is 5.81. The van der Waals surface area contributed by atoms with Gasteiger partial charge in [-0.25, -0.2) is 4.98 Å². The van der Waals surface area contributed by atoms with Gasteiger partial charge in [0.25, 0.3) is 0 Å². The van der Waals surface area contributed by atoms with Gasteiger partial charge in [-0.3, -0.25) is 4.98 Å². The van der Waals surface area contributed by atoms with Gasteiger partial charge >= 0.3 is 6.18 Å². The number of alkyl halides is 3. The highest BCUT2D eigenvalue weighted by Crippen LogP contribution is 2.35. The Morgan fingerprint density at radius 3 is 2.59 bits per heavy atom. The smallest absolute Gasteiger partial charge is 0.390 e. The minimum atomic E-state index is -4.42. The fraction of sp³-hybridized carbons (Fsp3) is 0.100. The predicted molar refractivity (Wildman–Crippen MR) is 94.8 cm³/mol. The number of pyridine rings is 2. The molecule has 0 aliphatic rings. The maximum absolute atomic E-state index is 13.1. The summed E-state index contributed by atoms with van der Waals surface area (Å²) in [4.78, 5) is 8.52. The van der Waals surface area contributed by atoms with E-state index in [0.29, 0.717) is 28.2 Å². The minimum Gasteiger partial charge on any atom is -0.390 e. The van der Waals surface area contributed by atoms with Crippen LogP contribution in [0.15, 0.2) is 67.1 Å². The Balaban J connectivity index is 1.87. The van der Waals surface area contributed by atoms with E-state index in [1.54, 1.807) is 47.3 Å². The summed E-state index contributed by atoms with van der Waals surface area (Å²) >= 11 is 0. The standard InChI is InChI=1S/C20H14F3N3O/c21-20(22,23)15-4-1-3-13(9-15)19-17(5-2-8-24-19)14-6-7-18-25-10-16(12-27)26(18)11-14/h1-11,27H,12H2. The van der Waals surface area contributed by atoms with Crippen molar-refractivity contribution < 1.29 is 18.3 Å². The summed E-state index contributed by atoms with van der Waals surface area (Å²) < 4.78 is 41.0. The molecule has 0 aliphatic heterocycles. The van der Waals surface area contributed by atoms with Gasteiger partial charge in [-0.15, -0.1) is 0 Å². The second-order valence-corrected chi connectivity index (χ2v) is 6.03. The molecule has 0 spiro atoms. The first kappa shape index (κ1) is 17.2. The molecule has 0 radical (unpaired) electrons. The van der Waals surface area contributed by atoms with E-state index in [4.69, 9.17) is 0 Å². The number of hydrogen-bond acceptors (Lipinski definition) is 3. The number of benzene rings is 1. The number of aliphatic hydroxyl groups is 1. The summed E-state index contributed by atoms with van der Waals surface area (Å²) in [6.45, 7) is -0.169. The van der Waals surface area contributed by atoms with E-state index in [0.717, 1.165) is 17.7 Å². The Hall–Kier alpha value is -3.19. The van der Waals surface area contributed by atoms with Crippen LogP contribution in [0.5, 0.6) is 0 Å². The van der Waals surface area contributed by atoms with Crippen molar-refractivity contribution in [2.45, 2.75) is 12.8 Å². The molecule has 1 N–H and O–H groups in total. The monoisotopic (exact) mass is 369 g/mol. The van der Waals surface area contributed by atoms with Crippen LogP contribution in [0, 0.1) is 0 Å². The summed E-state index contributed by atoms with van der Waals surface area (Å²) in [6, 6.07) is 12.3. The Morgan fingerprint density at radius 2 is 1.81 bits per heavy atom. The van der Waals surface area contributed by atoms with Crippen LogP contribution >= 0.6 is 0 Å². The lowest BCUT2D eigenvalue weighted by Gasteiger charge is -2.12. The summed E-state index contributed by atoms with van der Waals surface area (Å²) in [5, 5.41) is 9.45. The van der Waals surface area contributed by atoms with Crippen molar-refractivity contribution in [1.82, 2.24) is 14.4 Å². The highest BCUT2D eigenvalue weighted by Gasteiger charge is 2.30. The number of imidazole rings is 1. The highest BCUT2D eigenvalue weighted by atomic mass is 19.4. The van der Waals surface area contributed by atoms with Crippen LogP contribution in [-0.4, -0.2) is 19.5 Å². The molecule has 0 saturated carbocycles. The number of nitrogens with zero attached hydrogens (tertiary/aromatic N) is 3. The first-order valence-corrected chi connectivity index (χ1v) is 8.17. The molecule has 3 heterocycles. The van der Waals surface area contributed by atoms with E-state index in [9.17, 15) is 18.3 Å². The zero-order valence-electron chi connectivity index (χ0n) is 14.0.